The number of nitrogens with one attached hydrogen (secondary N) is 1. The van der Waals surface area contributed by atoms with Gasteiger partial charge in [-0.15, -0.1) is 0 Å². The van der Waals surface area contributed by atoms with Crippen molar-refractivity contribution in [1.29, 1.82) is 0 Å². The first-order valence-electron chi connectivity index (χ1n) is 33.9. The molecule has 0 fully saturated rings. The van der Waals surface area contributed by atoms with Gasteiger partial charge in [0.05, 0.1) is 39.9 Å². The van der Waals surface area contributed by atoms with Crippen LogP contribution in [0.1, 0.15) is 284 Å². The highest BCUT2D eigenvalue weighted by Gasteiger charge is 2.27. The first-order valence-corrected chi connectivity index (χ1v) is 35.4. The van der Waals surface area contributed by atoms with Crippen LogP contribution in [0.5, 0.6) is 0 Å². The van der Waals surface area contributed by atoms with Gasteiger partial charge in [-0.3, -0.25) is 13.8 Å². The minimum atomic E-state index is -4.37. The first-order chi connectivity index (χ1) is 40.0. The third kappa shape index (κ3) is 64.5. The second-order valence-electron chi connectivity index (χ2n) is 23.8. The van der Waals surface area contributed by atoms with E-state index in [2.05, 4.69) is 129 Å². The molecule has 0 heterocycles. The van der Waals surface area contributed by atoms with Gasteiger partial charge in [-0.1, -0.05) is 296 Å². The van der Waals surface area contributed by atoms with E-state index < -0.39 is 20.0 Å². The van der Waals surface area contributed by atoms with Crippen LogP contribution in [0.3, 0.4) is 0 Å². The summed E-state index contributed by atoms with van der Waals surface area (Å²) in [5.74, 6) is -0.191. The molecule has 0 aromatic rings. The average molecular weight is 1160 g/mol. The molecule has 0 aliphatic heterocycles. The Hall–Kier alpha value is -3.10. The zero-order chi connectivity index (χ0) is 59.8. The molecule has 0 radical (unpaired) electrons. The zero-order valence-electron chi connectivity index (χ0n) is 53.9. The van der Waals surface area contributed by atoms with Gasteiger partial charge in [0.2, 0.25) is 5.91 Å². The maximum absolute atomic E-state index is 13.0. The van der Waals surface area contributed by atoms with Crippen molar-refractivity contribution in [3.63, 3.8) is 0 Å². The average Bonchev–Trinajstić information content (AvgIpc) is 3.47. The number of aliphatic hydroxyl groups excluding tert-OH is 1. The van der Waals surface area contributed by atoms with E-state index in [9.17, 15) is 19.4 Å². The predicted octanol–water partition coefficient (Wildman–Crippen LogP) is 21.7. The molecule has 472 valence electrons. The van der Waals surface area contributed by atoms with Crippen LogP contribution in [-0.4, -0.2) is 73.4 Å². The van der Waals surface area contributed by atoms with Crippen LogP contribution >= 0.6 is 7.82 Å². The van der Waals surface area contributed by atoms with Crippen LogP contribution < -0.4 is 5.32 Å². The van der Waals surface area contributed by atoms with Gasteiger partial charge in [0.25, 0.3) is 0 Å². The molecule has 0 aromatic carbocycles. The minimum Gasteiger partial charge on any atom is -0.387 e. The number of allylic oxidation sites excluding steroid dienone is 19. The summed E-state index contributed by atoms with van der Waals surface area (Å²) in [5, 5.41) is 13.9. The molecule has 3 N–H and O–H groups in total. The Kier molecular flexibility index (Phi) is 60.1. The second kappa shape index (κ2) is 62.4. The van der Waals surface area contributed by atoms with Crippen molar-refractivity contribution >= 4 is 13.7 Å². The van der Waals surface area contributed by atoms with E-state index in [4.69, 9.17) is 9.05 Å². The van der Waals surface area contributed by atoms with E-state index in [1.807, 2.05) is 27.2 Å². The van der Waals surface area contributed by atoms with Crippen LogP contribution in [0.4, 0.5) is 0 Å². The number of likely N-dealkylation sites (N-methyl/N-ethyl adjacent to an activating group) is 1. The van der Waals surface area contributed by atoms with Crippen molar-refractivity contribution in [2.75, 3.05) is 40.9 Å². The van der Waals surface area contributed by atoms with Crippen molar-refractivity contribution in [3.05, 3.63) is 122 Å². The minimum absolute atomic E-state index is 0.0505. The smallest absolute Gasteiger partial charge is 0.387 e. The summed E-state index contributed by atoms with van der Waals surface area (Å²) in [5.41, 5.74) is 0. The zero-order valence-corrected chi connectivity index (χ0v) is 54.8. The molecule has 8 nitrogen and oxygen atoms in total. The fourth-order valence-electron chi connectivity index (χ4n) is 9.41. The molecule has 0 aliphatic rings. The predicted molar refractivity (Wildman–Crippen MR) is 359 cm³/mol. The van der Waals surface area contributed by atoms with Gasteiger partial charge in [-0.2, -0.15) is 0 Å². The maximum Gasteiger partial charge on any atom is 0.472 e. The Balaban J connectivity index is 4.03. The molecule has 3 atom stereocenters. The molecule has 1 amide bonds. The third-order valence-electron chi connectivity index (χ3n) is 14.6. The topological polar surface area (TPSA) is 105 Å². The lowest BCUT2D eigenvalue weighted by atomic mass is 10.0. The Labute approximate surface area is 507 Å². The lowest BCUT2D eigenvalue weighted by Gasteiger charge is -2.25. The molecule has 0 rings (SSSR count). The van der Waals surface area contributed by atoms with Gasteiger partial charge in [-0.05, 0) is 103 Å². The summed E-state index contributed by atoms with van der Waals surface area (Å²) in [6, 6.07) is -0.875. The normalized spacial score (nSPS) is 14.5. The quantitative estimate of drug-likeness (QED) is 0.0243. The number of quaternary nitrogens is 1. The molecule has 0 spiro atoms. The molecule has 9 heteroatoms. The van der Waals surface area contributed by atoms with Gasteiger partial charge in [0.1, 0.15) is 13.2 Å². The highest BCUT2D eigenvalue weighted by Crippen LogP contribution is 2.43. The number of phosphoric acid groups is 1. The fourth-order valence-corrected chi connectivity index (χ4v) is 10.1. The molecule has 82 heavy (non-hydrogen) atoms. The van der Waals surface area contributed by atoms with E-state index >= 15 is 0 Å². The summed E-state index contributed by atoms with van der Waals surface area (Å²) in [6.45, 7) is 4.68. The Morgan fingerprint density at radius 1 is 0.427 bits per heavy atom. The van der Waals surface area contributed by atoms with E-state index in [0.717, 1.165) is 89.9 Å². The largest absolute Gasteiger partial charge is 0.472 e. The summed E-state index contributed by atoms with van der Waals surface area (Å²) >= 11 is 0. The number of carbonyl (C=O) groups is 1. The summed E-state index contributed by atoms with van der Waals surface area (Å²) in [6.07, 6.45) is 93.4. The Morgan fingerprint density at radius 3 is 1.12 bits per heavy atom. The van der Waals surface area contributed by atoms with Crippen molar-refractivity contribution < 1.29 is 32.9 Å². The molecular weight excluding hydrogens is 1030 g/mol. The molecule has 0 aromatic heterocycles. The molecule has 0 bridgehead atoms. The number of carbonyl (C=O) groups excluding carboxylic acids is 1. The van der Waals surface area contributed by atoms with Crippen molar-refractivity contribution in [1.82, 2.24) is 5.32 Å². The van der Waals surface area contributed by atoms with Gasteiger partial charge in [-0.25, -0.2) is 4.57 Å². The third-order valence-corrected chi connectivity index (χ3v) is 15.6. The number of amides is 1. The van der Waals surface area contributed by atoms with Crippen LogP contribution in [0.25, 0.3) is 0 Å². The number of rotatable bonds is 61. The Morgan fingerprint density at radius 2 is 0.744 bits per heavy atom. The van der Waals surface area contributed by atoms with E-state index in [1.165, 1.54) is 173 Å². The number of aliphatic hydroxyl groups is 1. The lowest BCUT2D eigenvalue weighted by molar-refractivity contribution is -0.870. The molecule has 0 saturated heterocycles. The van der Waals surface area contributed by atoms with Crippen LogP contribution in [0.2, 0.25) is 0 Å². The summed E-state index contributed by atoms with van der Waals surface area (Å²) in [4.78, 5) is 23.4. The maximum atomic E-state index is 13.0. The number of unbranched alkanes of at least 4 members (excludes halogenated alkanes) is 30. The summed E-state index contributed by atoms with van der Waals surface area (Å²) < 4.78 is 23.7. The van der Waals surface area contributed by atoms with Crippen LogP contribution in [0, 0.1) is 0 Å². The number of nitrogens with zero attached hydrogens (tertiary/aromatic N) is 1. The molecule has 3 unspecified atom stereocenters. The van der Waals surface area contributed by atoms with Gasteiger partial charge >= 0.3 is 7.82 Å². The molecular formula is C73H130N2O6P+. The highest BCUT2D eigenvalue weighted by molar-refractivity contribution is 7.47. The number of hydrogen-bond donors (Lipinski definition) is 3. The monoisotopic (exact) mass is 1160 g/mol. The standard InChI is InChI=1S/C73H129N2O6P/c1-6-8-10-12-14-16-18-20-22-24-26-27-28-29-30-31-32-33-34-35-36-37-38-39-40-41-42-43-44-45-46-47-49-51-53-55-57-59-61-63-65-67-73(77)74-71(70-81-82(78,79)80-69-68-75(3,4)5)72(76)66-64-62-60-58-56-54-52-50-48-25-23-21-19-17-15-13-11-9-7-2/h8,10,14,16,20,22,26-27,29-30,32-33,35-36,48,50,56,58,64,66,71-72,76H,6-7,9,11-13,15,17-19,21,23-25,28,31,34,37-47,49,51-55,57,59-63,65,67-70H2,1-5H3,(H-,74,77,78,79)/p+1/b10-8-,16-14-,22-20-,27-26-,30-29-,33-32-,36-35-,50-48+,58-56+,66-64+. The highest BCUT2D eigenvalue weighted by atomic mass is 31.2. The van der Waals surface area contributed by atoms with E-state index in [-0.39, 0.29) is 19.1 Å². The molecule has 0 aliphatic carbocycles. The van der Waals surface area contributed by atoms with Crippen molar-refractivity contribution in [2.45, 2.75) is 296 Å². The number of phosphoric ester groups is 1. The van der Waals surface area contributed by atoms with Gasteiger partial charge in [0, 0.05) is 6.42 Å². The van der Waals surface area contributed by atoms with Gasteiger partial charge < -0.3 is 19.8 Å². The van der Waals surface area contributed by atoms with Gasteiger partial charge in [0.15, 0.2) is 0 Å². The van der Waals surface area contributed by atoms with Crippen LogP contribution in [-0.2, 0) is 18.4 Å². The van der Waals surface area contributed by atoms with E-state index in [0.29, 0.717) is 17.4 Å². The van der Waals surface area contributed by atoms with Crippen molar-refractivity contribution in [3.8, 4) is 0 Å². The molecule has 0 saturated carbocycles. The van der Waals surface area contributed by atoms with Crippen molar-refractivity contribution in [2.24, 2.45) is 0 Å². The summed E-state index contributed by atoms with van der Waals surface area (Å²) in [7, 11) is 1.54. The van der Waals surface area contributed by atoms with E-state index in [1.54, 1.807) is 6.08 Å². The fraction of sp³-hybridized carbons (Fsp3) is 0.712. The number of hydrogen-bond acceptors (Lipinski definition) is 5. The SMILES string of the molecule is CC/C=C\C/C=C\C/C=C\C/C=C\C/C=C\C/C=C\C/C=C\CCCCCCCCCCCCCCCCCCCCCC(=O)NC(COP(=O)(O)OCC[N+](C)(C)C)C(O)/C=C/CC/C=C/CC/C=C/CCCCCCCCCCC. The lowest BCUT2D eigenvalue weighted by Crippen LogP contribution is -2.45. The van der Waals surface area contributed by atoms with Crippen LogP contribution in [0.15, 0.2) is 122 Å². The second-order valence-corrected chi connectivity index (χ2v) is 25.3. The Bertz CT molecular complexity index is 1750. The first kappa shape index (κ1) is 78.9.